The summed E-state index contributed by atoms with van der Waals surface area (Å²) in [6.45, 7) is 1.33. The fraction of sp³-hybridized carbons (Fsp3) is 0.200. The van der Waals surface area contributed by atoms with Crippen molar-refractivity contribution in [2.75, 3.05) is 0 Å². The summed E-state index contributed by atoms with van der Waals surface area (Å²) in [5, 5.41) is 8.99. The highest BCUT2D eigenvalue weighted by molar-refractivity contribution is 7.99. The van der Waals surface area contributed by atoms with E-state index in [1.165, 1.54) is 17.8 Å². The van der Waals surface area contributed by atoms with Gasteiger partial charge in [0, 0.05) is 9.79 Å². The van der Waals surface area contributed by atoms with Crippen LogP contribution in [0, 0.1) is 6.92 Å². The maximum Gasteiger partial charge on any atom is 0.416 e. The Morgan fingerprint density at radius 1 is 1.00 bits per heavy atom. The molecule has 2 aromatic carbocycles. The monoisotopic (exact) mass is 298 g/mol. The first-order valence-corrected chi connectivity index (χ1v) is 6.77. The number of aliphatic hydroxyl groups excluding tert-OH is 1. The van der Waals surface area contributed by atoms with Crippen molar-refractivity contribution in [3.63, 3.8) is 0 Å². The molecule has 0 amide bonds. The van der Waals surface area contributed by atoms with E-state index in [2.05, 4.69) is 0 Å². The summed E-state index contributed by atoms with van der Waals surface area (Å²) >= 11 is 1.26. The third-order valence-electron chi connectivity index (χ3n) is 2.81. The van der Waals surface area contributed by atoms with Crippen molar-refractivity contribution in [2.45, 2.75) is 29.5 Å². The zero-order valence-electron chi connectivity index (χ0n) is 10.7. The molecule has 0 radical (unpaired) electrons. The molecule has 0 saturated heterocycles. The first kappa shape index (κ1) is 14.9. The van der Waals surface area contributed by atoms with Gasteiger partial charge in [0.1, 0.15) is 0 Å². The van der Waals surface area contributed by atoms with Gasteiger partial charge in [0.25, 0.3) is 0 Å². The summed E-state index contributed by atoms with van der Waals surface area (Å²) < 4.78 is 38.7. The quantitative estimate of drug-likeness (QED) is 0.889. The summed E-state index contributed by atoms with van der Waals surface area (Å²) in [5.74, 6) is 0. The van der Waals surface area contributed by atoms with Crippen LogP contribution < -0.4 is 0 Å². The Balaban J connectivity index is 2.31. The Labute approximate surface area is 119 Å². The number of aliphatic hydroxyl groups is 1. The van der Waals surface area contributed by atoms with Gasteiger partial charge in [0.05, 0.1) is 12.2 Å². The van der Waals surface area contributed by atoms with Gasteiger partial charge in [0.2, 0.25) is 0 Å². The Morgan fingerprint density at radius 2 is 1.60 bits per heavy atom. The van der Waals surface area contributed by atoms with E-state index >= 15 is 0 Å². The number of rotatable bonds is 3. The van der Waals surface area contributed by atoms with Gasteiger partial charge in [-0.25, -0.2) is 0 Å². The second-order valence-corrected chi connectivity index (χ2v) is 5.54. The van der Waals surface area contributed by atoms with Crippen LogP contribution in [0.15, 0.2) is 52.3 Å². The molecule has 5 heteroatoms. The minimum Gasteiger partial charge on any atom is -0.392 e. The van der Waals surface area contributed by atoms with E-state index in [9.17, 15) is 13.2 Å². The smallest absolute Gasteiger partial charge is 0.392 e. The Bertz CT molecular complexity index is 591. The van der Waals surface area contributed by atoms with E-state index in [0.29, 0.717) is 4.90 Å². The van der Waals surface area contributed by atoms with E-state index < -0.39 is 18.3 Å². The van der Waals surface area contributed by atoms with Gasteiger partial charge in [-0.2, -0.15) is 13.2 Å². The van der Waals surface area contributed by atoms with E-state index in [0.717, 1.165) is 16.5 Å². The molecular weight excluding hydrogens is 285 g/mol. The third kappa shape index (κ3) is 3.55. The molecule has 0 aliphatic carbocycles. The van der Waals surface area contributed by atoms with Gasteiger partial charge >= 0.3 is 6.18 Å². The van der Waals surface area contributed by atoms with Crippen LogP contribution in [0.4, 0.5) is 13.2 Å². The molecular formula is C15H13F3OS. The maximum atomic E-state index is 12.9. The fourth-order valence-electron chi connectivity index (χ4n) is 1.76. The van der Waals surface area contributed by atoms with Crippen LogP contribution in [-0.2, 0) is 12.8 Å². The van der Waals surface area contributed by atoms with E-state index in [-0.39, 0.29) is 5.56 Å². The summed E-state index contributed by atoms with van der Waals surface area (Å²) in [7, 11) is 0. The Kier molecular flexibility index (Phi) is 4.40. The van der Waals surface area contributed by atoms with Crippen LogP contribution in [0.3, 0.4) is 0 Å². The van der Waals surface area contributed by atoms with Crippen molar-refractivity contribution in [3.05, 3.63) is 59.2 Å². The van der Waals surface area contributed by atoms with Gasteiger partial charge < -0.3 is 5.11 Å². The van der Waals surface area contributed by atoms with Crippen molar-refractivity contribution in [1.82, 2.24) is 0 Å². The zero-order chi connectivity index (χ0) is 14.8. The van der Waals surface area contributed by atoms with Crippen molar-refractivity contribution in [1.29, 1.82) is 0 Å². The normalized spacial score (nSPS) is 11.7. The SMILES string of the molecule is Cc1ccc(Sc2ccc(CO)c(C(F)(F)F)c2)cc1. The summed E-state index contributed by atoms with van der Waals surface area (Å²) in [6.07, 6.45) is -4.46. The molecule has 20 heavy (non-hydrogen) atoms. The van der Waals surface area contributed by atoms with Crippen LogP contribution in [-0.4, -0.2) is 5.11 Å². The van der Waals surface area contributed by atoms with Crippen LogP contribution in [0.1, 0.15) is 16.7 Å². The lowest BCUT2D eigenvalue weighted by Gasteiger charge is -2.13. The summed E-state index contributed by atoms with van der Waals surface area (Å²) in [5.41, 5.74) is 0.212. The van der Waals surface area contributed by atoms with Crippen molar-refractivity contribution in [3.8, 4) is 0 Å². The topological polar surface area (TPSA) is 20.2 Å². The van der Waals surface area contributed by atoms with Crippen LogP contribution in [0.2, 0.25) is 0 Å². The Morgan fingerprint density at radius 3 is 2.15 bits per heavy atom. The zero-order valence-corrected chi connectivity index (χ0v) is 11.6. The van der Waals surface area contributed by atoms with Gasteiger partial charge in [-0.15, -0.1) is 0 Å². The van der Waals surface area contributed by atoms with E-state index in [4.69, 9.17) is 5.11 Å². The number of aryl methyl sites for hydroxylation is 1. The first-order chi connectivity index (χ1) is 9.40. The Hall–Kier alpha value is -1.46. The predicted octanol–water partition coefficient (Wildman–Crippen LogP) is 4.66. The molecule has 0 fully saturated rings. The highest BCUT2D eigenvalue weighted by Crippen LogP contribution is 2.36. The first-order valence-electron chi connectivity index (χ1n) is 5.95. The lowest BCUT2D eigenvalue weighted by atomic mass is 10.1. The summed E-state index contributed by atoms with van der Waals surface area (Å²) in [6, 6.07) is 11.5. The van der Waals surface area contributed by atoms with Gasteiger partial charge in [-0.05, 0) is 36.8 Å². The molecule has 0 atom stereocenters. The molecule has 0 saturated carbocycles. The minimum absolute atomic E-state index is 0.106. The molecule has 1 nitrogen and oxygen atoms in total. The second kappa shape index (κ2) is 5.89. The molecule has 0 aliphatic heterocycles. The van der Waals surface area contributed by atoms with Crippen molar-refractivity contribution < 1.29 is 18.3 Å². The fourth-order valence-corrected chi connectivity index (χ4v) is 2.62. The summed E-state index contributed by atoms with van der Waals surface area (Å²) in [4.78, 5) is 1.37. The highest BCUT2D eigenvalue weighted by atomic mass is 32.2. The average Bonchev–Trinajstić information content (AvgIpc) is 2.40. The van der Waals surface area contributed by atoms with Crippen molar-refractivity contribution >= 4 is 11.8 Å². The predicted molar refractivity (Wildman–Crippen MR) is 72.7 cm³/mol. The molecule has 1 N–H and O–H groups in total. The standard InChI is InChI=1S/C15H13F3OS/c1-10-2-5-12(6-3-10)20-13-7-4-11(9-19)14(8-13)15(16,17)18/h2-8,19H,9H2,1H3. The highest BCUT2D eigenvalue weighted by Gasteiger charge is 2.33. The van der Waals surface area contributed by atoms with E-state index in [1.54, 1.807) is 6.07 Å². The number of benzene rings is 2. The lowest BCUT2D eigenvalue weighted by Crippen LogP contribution is -2.09. The van der Waals surface area contributed by atoms with E-state index in [1.807, 2.05) is 31.2 Å². The second-order valence-electron chi connectivity index (χ2n) is 4.39. The third-order valence-corrected chi connectivity index (χ3v) is 3.81. The van der Waals surface area contributed by atoms with Gasteiger partial charge in [-0.1, -0.05) is 35.5 Å². The molecule has 0 bridgehead atoms. The number of hydrogen-bond acceptors (Lipinski definition) is 2. The van der Waals surface area contributed by atoms with Gasteiger partial charge in [0.15, 0.2) is 0 Å². The average molecular weight is 298 g/mol. The molecule has 0 aliphatic rings. The largest absolute Gasteiger partial charge is 0.416 e. The van der Waals surface area contributed by atoms with Crippen molar-refractivity contribution in [2.24, 2.45) is 0 Å². The van der Waals surface area contributed by atoms with Crippen LogP contribution in [0.5, 0.6) is 0 Å². The molecule has 0 unspecified atom stereocenters. The molecule has 0 spiro atoms. The maximum absolute atomic E-state index is 12.9. The van der Waals surface area contributed by atoms with Crippen LogP contribution in [0.25, 0.3) is 0 Å². The molecule has 106 valence electrons. The number of hydrogen-bond donors (Lipinski definition) is 1. The molecule has 2 aromatic rings. The number of alkyl halides is 3. The molecule has 2 rings (SSSR count). The van der Waals surface area contributed by atoms with Crippen LogP contribution >= 0.6 is 11.8 Å². The van der Waals surface area contributed by atoms with Gasteiger partial charge in [-0.3, -0.25) is 0 Å². The number of halogens is 3. The minimum atomic E-state index is -4.46. The lowest BCUT2D eigenvalue weighted by molar-refractivity contribution is -0.138. The molecule has 0 aromatic heterocycles. The molecule has 0 heterocycles.